The van der Waals surface area contributed by atoms with Crippen LogP contribution in [0, 0.1) is 13.8 Å². The quantitative estimate of drug-likeness (QED) is 0.464. The Hall–Kier alpha value is -3.82. The van der Waals surface area contributed by atoms with Crippen molar-refractivity contribution in [2.45, 2.75) is 13.8 Å². The average Bonchev–Trinajstić information content (AvgIpc) is 2.71. The van der Waals surface area contributed by atoms with E-state index in [4.69, 9.17) is 4.74 Å². The lowest BCUT2D eigenvalue weighted by Crippen LogP contribution is -2.33. The summed E-state index contributed by atoms with van der Waals surface area (Å²) in [5.74, 6) is 1.65. The van der Waals surface area contributed by atoms with Gasteiger partial charge in [0.15, 0.2) is 12.4 Å². The highest BCUT2D eigenvalue weighted by Crippen LogP contribution is 2.13. The van der Waals surface area contributed by atoms with Crippen LogP contribution in [0.2, 0.25) is 0 Å². The molecule has 10 heteroatoms. The minimum absolute atomic E-state index is 0.142. The summed E-state index contributed by atoms with van der Waals surface area (Å²) < 4.78 is 5.24. The first kappa shape index (κ1) is 19.9. The second-order valence-corrected chi connectivity index (χ2v) is 6.19. The molecule has 150 valence electrons. The van der Waals surface area contributed by atoms with Gasteiger partial charge >= 0.3 is 6.01 Å². The molecule has 0 aliphatic heterocycles. The van der Waals surface area contributed by atoms with E-state index in [0.29, 0.717) is 30.5 Å². The van der Waals surface area contributed by atoms with Crippen LogP contribution in [-0.4, -0.2) is 50.8 Å². The van der Waals surface area contributed by atoms with Gasteiger partial charge in [0.05, 0.1) is 0 Å². The molecule has 0 aliphatic rings. The molecule has 0 aliphatic carbocycles. The topological polar surface area (TPSA) is 127 Å². The number of rotatable bonds is 9. The lowest BCUT2D eigenvalue weighted by molar-refractivity contribution is -0.123. The number of anilines is 3. The Balaban J connectivity index is 1.35. The van der Waals surface area contributed by atoms with Crippen LogP contribution in [-0.2, 0) is 4.79 Å². The van der Waals surface area contributed by atoms with Gasteiger partial charge in [-0.15, -0.1) is 10.2 Å². The smallest absolute Gasteiger partial charge is 0.317 e. The molecular weight excluding hydrogens is 372 g/mol. The molecular formula is C19H22N8O2. The van der Waals surface area contributed by atoms with Crippen molar-refractivity contribution in [3.8, 4) is 6.01 Å². The predicted molar refractivity (Wildman–Crippen MR) is 108 cm³/mol. The molecule has 0 unspecified atom stereocenters. The van der Waals surface area contributed by atoms with Gasteiger partial charge < -0.3 is 20.7 Å². The standard InChI is InChI=1S/C19H22N8O2/c1-13-5-7-20-17(11-13)25-16-4-3-15(26-27-16)21-9-10-22-18(28)12-29-19-23-8-6-14(2)24-19/h3-8,11H,9-10,12H2,1-2H3,(H,21,26)(H,22,28)(H,20,25,27). The van der Waals surface area contributed by atoms with Crippen molar-refractivity contribution in [1.82, 2.24) is 30.5 Å². The molecule has 0 aromatic carbocycles. The number of aryl methyl sites for hydroxylation is 2. The van der Waals surface area contributed by atoms with Gasteiger partial charge in [0.2, 0.25) is 0 Å². The third-order valence-electron chi connectivity index (χ3n) is 3.69. The second-order valence-electron chi connectivity index (χ2n) is 6.19. The highest BCUT2D eigenvalue weighted by Gasteiger charge is 2.05. The van der Waals surface area contributed by atoms with Gasteiger partial charge in [0, 0.05) is 31.2 Å². The first-order valence-electron chi connectivity index (χ1n) is 9.05. The van der Waals surface area contributed by atoms with Gasteiger partial charge in [-0.2, -0.15) is 0 Å². The van der Waals surface area contributed by atoms with Gasteiger partial charge in [0.1, 0.15) is 11.6 Å². The van der Waals surface area contributed by atoms with Crippen molar-refractivity contribution >= 4 is 23.4 Å². The minimum Gasteiger partial charge on any atom is -0.453 e. The Morgan fingerprint density at radius 1 is 0.966 bits per heavy atom. The number of amides is 1. The Bertz CT molecular complexity index is 949. The van der Waals surface area contributed by atoms with Gasteiger partial charge in [-0.25, -0.2) is 15.0 Å². The molecule has 3 heterocycles. The van der Waals surface area contributed by atoms with E-state index >= 15 is 0 Å². The third-order valence-corrected chi connectivity index (χ3v) is 3.69. The number of carbonyl (C=O) groups excluding carboxylic acids is 1. The number of aromatic nitrogens is 5. The highest BCUT2D eigenvalue weighted by atomic mass is 16.5. The average molecular weight is 394 g/mol. The molecule has 1 amide bonds. The maximum Gasteiger partial charge on any atom is 0.317 e. The number of hydrogen-bond donors (Lipinski definition) is 3. The fraction of sp³-hybridized carbons (Fsp3) is 0.263. The van der Waals surface area contributed by atoms with Gasteiger partial charge in [-0.3, -0.25) is 4.79 Å². The van der Waals surface area contributed by atoms with Crippen LogP contribution >= 0.6 is 0 Å². The summed E-state index contributed by atoms with van der Waals surface area (Å²) in [6, 6.07) is 9.38. The molecule has 0 radical (unpaired) electrons. The summed E-state index contributed by atoms with van der Waals surface area (Å²) in [6.45, 7) is 4.58. The number of carbonyl (C=O) groups is 1. The summed E-state index contributed by atoms with van der Waals surface area (Å²) >= 11 is 0. The molecule has 3 N–H and O–H groups in total. The number of hydrogen-bond acceptors (Lipinski definition) is 9. The van der Waals surface area contributed by atoms with Crippen LogP contribution in [0.4, 0.5) is 17.5 Å². The monoisotopic (exact) mass is 394 g/mol. The Kier molecular flexibility index (Phi) is 6.82. The largest absolute Gasteiger partial charge is 0.453 e. The van der Waals surface area contributed by atoms with E-state index in [1.807, 2.05) is 26.0 Å². The molecule has 0 fully saturated rings. The van der Waals surface area contributed by atoms with E-state index in [-0.39, 0.29) is 18.5 Å². The van der Waals surface area contributed by atoms with Crippen molar-refractivity contribution in [1.29, 1.82) is 0 Å². The molecule has 3 aromatic rings. The van der Waals surface area contributed by atoms with Crippen molar-refractivity contribution in [3.05, 3.63) is 54.0 Å². The lowest BCUT2D eigenvalue weighted by Gasteiger charge is -2.09. The number of ether oxygens (including phenoxy) is 1. The molecule has 3 rings (SSSR count). The lowest BCUT2D eigenvalue weighted by atomic mass is 10.3. The normalized spacial score (nSPS) is 10.3. The van der Waals surface area contributed by atoms with E-state index in [9.17, 15) is 4.79 Å². The van der Waals surface area contributed by atoms with Crippen molar-refractivity contribution in [3.63, 3.8) is 0 Å². The molecule has 3 aromatic heterocycles. The van der Waals surface area contributed by atoms with Gasteiger partial charge in [-0.1, -0.05) is 0 Å². The van der Waals surface area contributed by atoms with Crippen LogP contribution in [0.25, 0.3) is 0 Å². The molecule has 0 atom stereocenters. The number of nitrogens with zero attached hydrogens (tertiary/aromatic N) is 5. The summed E-state index contributed by atoms with van der Waals surface area (Å²) in [6.07, 6.45) is 3.31. The first-order valence-corrected chi connectivity index (χ1v) is 9.05. The van der Waals surface area contributed by atoms with E-state index in [1.54, 1.807) is 30.6 Å². The van der Waals surface area contributed by atoms with Crippen molar-refractivity contribution in [2.24, 2.45) is 0 Å². The number of pyridine rings is 1. The SMILES string of the molecule is Cc1ccnc(Nc2ccc(NCCNC(=O)COc3nccc(C)n3)nn2)c1. The maximum absolute atomic E-state index is 11.8. The van der Waals surface area contributed by atoms with Crippen LogP contribution in [0.3, 0.4) is 0 Å². The van der Waals surface area contributed by atoms with Crippen LogP contribution in [0.15, 0.2) is 42.7 Å². The molecule has 0 bridgehead atoms. The minimum atomic E-state index is -0.256. The molecule has 10 nitrogen and oxygen atoms in total. The van der Waals surface area contributed by atoms with E-state index in [1.165, 1.54) is 0 Å². The highest BCUT2D eigenvalue weighted by molar-refractivity contribution is 5.77. The predicted octanol–water partition coefficient (Wildman–Crippen LogP) is 1.63. The summed E-state index contributed by atoms with van der Waals surface area (Å²) in [4.78, 5) is 24.0. The zero-order valence-electron chi connectivity index (χ0n) is 16.2. The third kappa shape index (κ3) is 6.69. The first-order chi connectivity index (χ1) is 14.1. The van der Waals surface area contributed by atoms with Gasteiger partial charge in [0.25, 0.3) is 5.91 Å². The molecule has 0 spiro atoms. The van der Waals surface area contributed by atoms with E-state index < -0.39 is 0 Å². The van der Waals surface area contributed by atoms with E-state index in [2.05, 4.69) is 41.1 Å². The fourth-order valence-corrected chi connectivity index (χ4v) is 2.30. The number of nitrogens with one attached hydrogen (secondary N) is 3. The summed E-state index contributed by atoms with van der Waals surface area (Å²) in [5.41, 5.74) is 1.88. The fourth-order valence-electron chi connectivity index (χ4n) is 2.30. The maximum atomic E-state index is 11.8. The van der Waals surface area contributed by atoms with E-state index in [0.717, 1.165) is 11.3 Å². The van der Waals surface area contributed by atoms with Crippen molar-refractivity contribution < 1.29 is 9.53 Å². The Morgan fingerprint density at radius 3 is 2.52 bits per heavy atom. The van der Waals surface area contributed by atoms with Crippen LogP contribution in [0.1, 0.15) is 11.3 Å². The van der Waals surface area contributed by atoms with Gasteiger partial charge in [-0.05, 0) is 49.7 Å². The Labute approximate surface area is 168 Å². The summed E-state index contributed by atoms with van der Waals surface area (Å²) in [5, 5.41) is 17.1. The zero-order valence-corrected chi connectivity index (χ0v) is 16.2. The Morgan fingerprint density at radius 2 is 1.76 bits per heavy atom. The zero-order chi connectivity index (χ0) is 20.5. The van der Waals surface area contributed by atoms with Crippen LogP contribution < -0.4 is 20.7 Å². The summed E-state index contributed by atoms with van der Waals surface area (Å²) in [7, 11) is 0. The van der Waals surface area contributed by atoms with Crippen molar-refractivity contribution in [2.75, 3.05) is 30.3 Å². The molecule has 29 heavy (non-hydrogen) atoms. The second kappa shape index (κ2) is 9.93. The molecule has 0 saturated carbocycles. The molecule has 0 saturated heterocycles. The van der Waals surface area contributed by atoms with Crippen LogP contribution in [0.5, 0.6) is 6.01 Å².